The number of anilines is 1. The number of methoxy groups -OCH3 is 1. The summed E-state index contributed by atoms with van der Waals surface area (Å²) in [6.45, 7) is 1.73. The first kappa shape index (κ1) is 20.3. The number of likely N-dealkylation sites (tertiary alicyclic amines) is 1. The summed E-state index contributed by atoms with van der Waals surface area (Å²) in [6.07, 6.45) is 7.77. The van der Waals surface area contributed by atoms with Gasteiger partial charge in [-0.1, -0.05) is 29.8 Å². The van der Waals surface area contributed by atoms with Gasteiger partial charge in [0.2, 0.25) is 5.91 Å². The Balaban J connectivity index is 1.70. The molecule has 28 heavy (non-hydrogen) atoms. The highest BCUT2D eigenvalue weighted by Gasteiger charge is 2.15. The molecule has 2 aromatic carbocycles. The van der Waals surface area contributed by atoms with E-state index >= 15 is 0 Å². The maximum Gasteiger partial charge on any atom is 0.246 e. The average molecular weight is 399 g/mol. The van der Waals surface area contributed by atoms with E-state index in [1.165, 1.54) is 6.42 Å². The molecule has 1 heterocycles. The van der Waals surface area contributed by atoms with E-state index < -0.39 is 0 Å². The fraction of sp³-hybridized carbons (Fsp3) is 0.348. The highest BCUT2D eigenvalue weighted by Crippen LogP contribution is 2.26. The van der Waals surface area contributed by atoms with Crippen molar-refractivity contribution in [1.29, 1.82) is 0 Å². The lowest BCUT2D eigenvalue weighted by molar-refractivity contribution is -0.126. The standard InChI is InChI=1S/C23H27ClN2O2/c1-28-21-13-11-20(12-14-21)25-22(18-7-5-8-19(24)17-18)9-6-10-23(27)26-15-3-2-4-16-26/h5-8,10-14,17,22,25H,2-4,9,15-16H2,1H3/b10-6+/t22-/m1/s1. The third-order valence-corrected chi connectivity index (χ3v) is 5.22. The predicted octanol–water partition coefficient (Wildman–Crippen LogP) is 5.46. The Morgan fingerprint density at radius 2 is 1.93 bits per heavy atom. The minimum Gasteiger partial charge on any atom is -0.497 e. The first-order valence-electron chi connectivity index (χ1n) is 9.77. The second-order valence-corrected chi connectivity index (χ2v) is 7.44. The summed E-state index contributed by atoms with van der Waals surface area (Å²) in [6, 6.07) is 15.7. The van der Waals surface area contributed by atoms with E-state index in [1.807, 2.05) is 59.5 Å². The smallest absolute Gasteiger partial charge is 0.246 e. The topological polar surface area (TPSA) is 41.6 Å². The number of nitrogens with one attached hydrogen (secondary N) is 1. The number of amides is 1. The van der Waals surface area contributed by atoms with Gasteiger partial charge in [-0.15, -0.1) is 0 Å². The van der Waals surface area contributed by atoms with Gasteiger partial charge in [-0.2, -0.15) is 0 Å². The number of halogens is 1. The van der Waals surface area contributed by atoms with Gasteiger partial charge in [0.15, 0.2) is 0 Å². The van der Waals surface area contributed by atoms with Crippen LogP contribution in [0.15, 0.2) is 60.7 Å². The van der Waals surface area contributed by atoms with Crippen molar-refractivity contribution < 1.29 is 9.53 Å². The molecule has 0 aromatic heterocycles. The van der Waals surface area contributed by atoms with E-state index in [0.717, 1.165) is 42.9 Å². The maximum absolute atomic E-state index is 12.4. The lowest BCUT2D eigenvalue weighted by Gasteiger charge is -2.25. The number of hydrogen-bond donors (Lipinski definition) is 1. The Bertz CT molecular complexity index is 799. The van der Waals surface area contributed by atoms with E-state index in [4.69, 9.17) is 16.3 Å². The summed E-state index contributed by atoms with van der Waals surface area (Å²) in [7, 11) is 1.65. The Morgan fingerprint density at radius 3 is 2.61 bits per heavy atom. The first-order valence-corrected chi connectivity index (χ1v) is 10.1. The minimum absolute atomic E-state index is 0.0116. The quantitative estimate of drug-likeness (QED) is 0.629. The van der Waals surface area contributed by atoms with Crippen molar-refractivity contribution in [3.63, 3.8) is 0 Å². The molecule has 1 aliphatic heterocycles. The molecule has 148 valence electrons. The third kappa shape index (κ3) is 5.77. The Kier molecular flexibility index (Phi) is 7.38. The highest BCUT2D eigenvalue weighted by atomic mass is 35.5. The molecule has 1 N–H and O–H groups in total. The SMILES string of the molecule is COc1ccc(N[C@H](C/C=C/C(=O)N2CCCCC2)c2cccc(Cl)c2)cc1. The maximum atomic E-state index is 12.4. The molecule has 2 aromatic rings. The van der Waals surface area contributed by atoms with Crippen LogP contribution in [0.5, 0.6) is 5.75 Å². The molecule has 4 nitrogen and oxygen atoms in total. The number of rotatable bonds is 7. The average Bonchev–Trinajstić information content (AvgIpc) is 2.74. The van der Waals surface area contributed by atoms with Gasteiger partial charge >= 0.3 is 0 Å². The van der Waals surface area contributed by atoms with Crippen molar-refractivity contribution in [2.45, 2.75) is 31.7 Å². The summed E-state index contributed by atoms with van der Waals surface area (Å²) < 4.78 is 5.22. The molecule has 5 heteroatoms. The fourth-order valence-corrected chi connectivity index (χ4v) is 3.61. The van der Waals surface area contributed by atoms with Crippen LogP contribution in [0.1, 0.15) is 37.3 Å². The Labute approximate surface area is 172 Å². The van der Waals surface area contributed by atoms with E-state index in [0.29, 0.717) is 11.4 Å². The number of carbonyl (C=O) groups excluding carboxylic acids is 1. The van der Waals surface area contributed by atoms with Crippen LogP contribution < -0.4 is 10.1 Å². The Hall–Kier alpha value is -2.46. The number of benzene rings is 2. The van der Waals surface area contributed by atoms with Crippen molar-refractivity contribution >= 4 is 23.2 Å². The molecule has 0 radical (unpaired) electrons. The summed E-state index contributed by atoms with van der Waals surface area (Å²) in [5.41, 5.74) is 2.07. The zero-order valence-corrected chi connectivity index (χ0v) is 17.0. The second-order valence-electron chi connectivity index (χ2n) is 7.00. The van der Waals surface area contributed by atoms with Gasteiger partial charge in [0, 0.05) is 23.8 Å². The molecular formula is C23H27ClN2O2. The zero-order valence-electron chi connectivity index (χ0n) is 16.2. The minimum atomic E-state index is 0.0116. The highest BCUT2D eigenvalue weighted by molar-refractivity contribution is 6.30. The van der Waals surface area contributed by atoms with E-state index in [-0.39, 0.29) is 11.9 Å². The van der Waals surface area contributed by atoms with Crippen LogP contribution in [0.4, 0.5) is 5.69 Å². The van der Waals surface area contributed by atoms with Gasteiger partial charge in [0.25, 0.3) is 0 Å². The summed E-state index contributed by atoms with van der Waals surface area (Å²) in [5.74, 6) is 0.922. The van der Waals surface area contributed by atoms with E-state index in [9.17, 15) is 4.79 Å². The molecule has 0 spiro atoms. The number of ether oxygens (including phenoxy) is 1. The van der Waals surface area contributed by atoms with Crippen molar-refractivity contribution in [2.75, 3.05) is 25.5 Å². The van der Waals surface area contributed by atoms with Crippen molar-refractivity contribution in [1.82, 2.24) is 4.90 Å². The summed E-state index contributed by atoms with van der Waals surface area (Å²) in [5, 5.41) is 4.24. The van der Waals surface area contributed by atoms with Gasteiger partial charge in [-0.25, -0.2) is 0 Å². The first-order chi connectivity index (χ1) is 13.7. The van der Waals surface area contributed by atoms with Crippen LogP contribution in [0, 0.1) is 0 Å². The molecule has 1 saturated heterocycles. The zero-order chi connectivity index (χ0) is 19.8. The van der Waals surface area contributed by atoms with Crippen LogP contribution in [-0.2, 0) is 4.79 Å². The normalized spacial score (nSPS) is 15.4. The van der Waals surface area contributed by atoms with Gasteiger partial charge in [0.05, 0.1) is 13.2 Å². The van der Waals surface area contributed by atoms with Gasteiger partial charge in [0.1, 0.15) is 5.75 Å². The van der Waals surface area contributed by atoms with Crippen molar-refractivity contribution in [3.8, 4) is 5.75 Å². The van der Waals surface area contributed by atoms with Crippen molar-refractivity contribution in [2.24, 2.45) is 0 Å². The van der Waals surface area contributed by atoms with Gasteiger partial charge < -0.3 is 15.0 Å². The number of carbonyl (C=O) groups is 1. The molecule has 1 atom stereocenters. The predicted molar refractivity (Wildman–Crippen MR) is 115 cm³/mol. The molecule has 0 unspecified atom stereocenters. The molecule has 1 amide bonds. The van der Waals surface area contributed by atoms with Crippen LogP contribution in [-0.4, -0.2) is 31.0 Å². The largest absolute Gasteiger partial charge is 0.497 e. The molecular weight excluding hydrogens is 372 g/mol. The van der Waals surface area contributed by atoms with Crippen LogP contribution in [0.25, 0.3) is 0 Å². The van der Waals surface area contributed by atoms with Gasteiger partial charge in [-0.3, -0.25) is 4.79 Å². The lowest BCUT2D eigenvalue weighted by Crippen LogP contribution is -2.34. The van der Waals surface area contributed by atoms with Gasteiger partial charge in [-0.05, 0) is 73.7 Å². The molecule has 1 fully saturated rings. The fourth-order valence-electron chi connectivity index (χ4n) is 3.41. The lowest BCUT2D eigenvalue weighted by atomic mass is 10.0. The number of piperidine rings is 1. The molecule has 0 aliphatic carbocycles. The van der Waals surface area contributed by atoms with Crippen LogP contribution in [0.2, 0.25) is 5.02 Å². The molecule has 1 aliphatic rings. The second kappa shape index (κ2) is 10.2. The third-order valence-electron chi connectivity index (χ3n) is 4.98. The van der Waals surface area contributed by atoms with E-state index in [2.05, 4.69) is 5.32 Å². The monoisotopic (exact) mass is 398 g/mol. The van der Waals surface area contributed by atoms with Crippen LogP contribution in [0.3, 0.4) is 0 Å². The molecule has 0 saturated carbocycles. The molecule has 3 rings (SSSR count). The van der Waals surface area contributed by atoms with E-state index in [1.54, 1.807) is 13.2 Å². The summed E-state index contributed by atoms with van der Waals surface area (Å²) >= 11 is 6.19. The number of nitrogens with zero attached hydrogens (tertiary/aromatic N) is 1. The Morgan fingerprint density at radius 1 is 1.18 bits per heavy atom. The van der Waals surface area contributed by atoms with Crippen molar-refractivity contribution in [3.05, 3.63) is 71.3 Å². The number of hydrogen-bond acceptors (Lipinski definition) is 3. The molecule has 0 bridgehead atoms. The summed E-state index contributed by atoms with van der Waals surface area (Å²) in [4.78, 5) is 14.3. The van der Waals surface area contributed by atoms with Crippen LogP contribution >= 0.6 is 11.6 Å².